The number of anilines is 3. The van der Waals surface area contributed by atoms with E-state index in [4.69, 9.17) is 9.57 Å². The first-order chi connectivity index (χ1) is 19.6. The average molecular weight is 537 g/mol. The number of pyridine rings is 1. The van der Waals surface area contributed by atoms with Crippen LogP contribution in [0.2, 0.25) is 0 Å². The number of ether oxygens (including phenoxy) is 1. The number of nitrogens with zero attached hydrogens (tertiary/aromatic N) is 3. The van der Waals surface area contributed by atoms with Crippen LogP contribution in [0.15, 0.2) is 85.3 Å². The molecule has 1 aliphatic rings. The lowest BCUT2D eigenvalue weighted by Crippen LogP contribution is -2.32. The molecule has 1 fully saturated rings. The molecule has 0 spiro atoms. The van der Waals surface area contributed by atoms with Crippen molar-refractivity contribution in [2.45, 2.75) is 39.0 Å². The first kappa shape index (κ1) is 27.0. The zero-order valence-corrected chi connectivity index (χ0v) is 22.3. The minimum Gasteiger partial charge on any atom is -0.381 e. The van der Waals surface area contributed by atoms with Gasteiger partial charge in [-0.25, -0.2) is 20.3 Å². The molecule has 2 aromatic heterocycles. The van der Waals surface area contributed by atoms with Crippen LogP contribution < -0.4 is 16.1 Å². The average Bonchev–Trinajstić information content (AvgIpc) is 3.01. The van der Waals surface area contributed by atoms with Gasteiger partial charge in [-0.2, -0.15) is 0 Å². The predicted octanol–water partition coefficient (Wildman–Crippen LogP) is 5.79. The van der Waals surface area contributed by atoms with E-state index < -0.39 is 0 Å². The Bertz CT molecular complexity index is 1440. The first-order valence-electron chi connectivity index (χ1n) is 13.3. The molecule has 0 saturated carbocycles. The highest BCUT2D eigenvalue weighted by atomic mass is 16.8. The monoisotopic (exact) mass is 536 g/mol. The van der Waals surface area contributed by atoms with Gasteiger partial charge < -0.3 is 15.4 Å². The van der Waals surface area contributed by atoms with Crippen LogP contribution in [-0.4, -0.2) is 33.8 Å². The maximum Gasteiger partial charge on any atom is 0.267 e. The van der Waals surface area contributed by atoms with Gasteiger partial charge >= 0.3 is 0 Å². The standard InChI is InChI=1S/C31H32N6O3/c1-22-7-13-26(19-28(22)36-31-33-17-15-27(35-31)25-5-4-16-32-21-25)34-20-24-10-8-23(9-11-24)12-14-29(38)37-40-30-6-2-3-18-39-30/h4-5,7-17,19,21,30,34H,2-3,6,18,20H2,1H3,(H,37,38)(H,33,35,36). The van der Waals surface area contributed by atoms with Gasteiger partial charge in [0.25, 0.3) is 5.91 Å². The van der Waals surface area contributed by atoms with Gasteiger partial charge in [-0.1, -0.05) is 30.3 Å². The Morgan fingerprint density at radius 1 is 1.10 bits per heavy atom. The second kappa shape index (κ2) is 13.5. The third-order valence-corrected chi connectivity index (χ3v) is 6.43. The molecular formula is C31H32N6O3. The fourth-order valence-corrected chi connectivity index (χ4v) is 4.17. The Balaban J connectivity index is 1.14. The smallest absolute Gasteiger partial charge is 0.267 e. The topological polar surface area (TPSA) is 110 Å². The molecule has 2 aromatic carbocycles. The number of rotatable bonds is 10. The number of aryl methyl sites for hydroxylation is 1. The Labute approximate surface area is 233 Å². The Morgan fingerprint density at radius 3 is 2.80 bits per heavy atom. The molecular weight excluding hydrogens is 504 g/mol. The molecule has 204 valence electrons. The van der Waals surface area contributed by atoms with E-state index in [0.29, 0.717) is 19.1 Å². The van der Waals surface area contributed by atoms with Gasteiger partial charge in [0.05, 0.1) is 5.69 Å². The highest BCUT2D eigenvalue weighted by Crippen LogP contribution is 2.24. The van der Waals surface area contributed by atoms with Crippen LogP contribution in [0.3, 0.4) is 0 Å². The summed E-state index contributed by atoms with van der Waals surface area (Å²) >= 11 is 0. The number of nitrogens with one attached hydrogen (secondary N) is 3. The van der Waals surface area contributed by atoms with E-state index in [0.717, 1.165) is 58.6 Å². The number of amides is 1. The summed E-state index contributed by atoms with van der Waals surface area (Å²) in [5.41, 5.74) is 9.18. The van der Waals surface area contributed by atoms with E-state index in [-0.39, 0.29) is 12.2 Å². The van der Waals surface area contributed by atoms with Gasteiger partial charge in [0.15, 0.2) is 6.29 Å². The van der Waals surface area contributed by atoms with E-state index in [1.807, 2.05) is 61.5 Å². The molecule has 1 unspecified atom stereocenters. The third-order valence-electron chi connectivity index (χ3n) is 6.43. The number of hydrogen-bond donors (Lipinski definition) is 3. The van der Waals surface area contributed by atoms with E-state index in [9.17, 15) is 4.79 Å². The lowest BCUT2D eigenvalue weighted by Gasteiger charge is -2.21. The zero-order chi connectivity index (χ0) is 27.6. The lowest BCUT2D eigenvalue weighted by atomic mass is 10.1. The summed E-state index contributed by atoms with van der Waals surface area (Å²) in [6, 6.07) is 19.9. The van der Waals surface area contributed by atoms with Crippen LogP contribution in [0.5, 0.6) is 0 Å². The summed E-state index contributed by atoms with van der Waals surface area (Å²) in [4.78, 5) is 30.5. The summed E-state index contributed by atoms with van der Waals surface area (Å²) in [5.74, 6) is 0.200. The van der Waals surface area contributed by atoms with Crippen molar-refractivity contribution in [1.29, 1.82) is 0 Å². The van der Waals surface area contributed by atoms with Gasteiger partial charge in [0.2, 0.25) is 5.95 Å². The highest BCUT2D eigenvalue weighted by molar-refractivity contribution is 5.90. The molecule has 3 heterocycles. The molecule has 0 radical (unpaired) electrons. The minimum absolute atomic E-state index is 0.321. The molecule has 0 aliphatic carbocycles. The van der Waals surface area contributed by atoms with Crippen molar-refractivity contribution in [2.75, 3.05) is 17.2 Å². The van der Waals surface area contributed by atoms with Crippen LogP contribution in [0.4, 0.5) is 17.3 Å². The minimum atomic E-state index is -0.366. The molecule has 1 amide bonds. The van der Waals surface area contributed by atoms with Gasteiger partial charge in [0, 0.05) is 61.2 Å². The second-order valence-electron chi connectivity index (χ2n) is 9.47. The number of hydroxylamine groups is 1. The molecule has 1 saturated heterocycles. The van der Waals surface area contributed by atoms with E-state index >= 15 is 0 Å². The van der Waals surface area contributed by atoms with Gasteiger partial charge in [0.1, 0.15) is 0 Å². The van der Waals surface area contributed by atoms with Crippen LogP contribution in [0.1, 0.15) is 36.0 Å². The van der Waals surface area contributed by atoms with Crippen LogP contribution in [0, 0.1) is 6.92 Å². The summed E-state index contributed by atoms with van der Waals surface area (Å²) in [6.45, 7) is 3.35. The molecule has 0 bridgehead atoms. The van der Waals surface area contributed by atoms with Crippen molar-refractivity contribution in [3.63, 3.8) is 0 Å². The number of carbonyl (C=O) groups excluding carboxylic acids is 1. The molecule has 9 nitrogen and oxygen atoms in total. The maximum atomic E-state index is 12.0. The van der Waals surface area contributed by atoms with Crippen molar-refractivity contribution < 1.29 is 14.4 Å². The van der Waals surface area contributed by atoms with Crippen LogP contribution >= 0.6 is 0 Å². The van der Waals surface area contributed by atoms with Crippen LogP contribution in [-0.2, 0) is 20.9 Å². The van der Waals surface area contributed by atoms with E-state index in [1.54, 1.807) is 24.7 Å². The number of hydrogen-bond acceptors (Lipinski definition) is 8. The largest absolute Gasteiger partial charge is 0.381 e. The molecule has 4 aromatic rings. The quantitative estimate of drug-likeness (QED) is 0.173. The summed E-state index contributed by atoms with van der Waals surface area (Å²) in [5, 5.41) is 6.81. The zero-order valence-electron chi connectivity index (χ0n) is 22.3. The molecule has 1 atom stereocenters. The molecule has 9 heteroatoms. The summed E-state index contributed by atoms with van der Waals surface area (Å²) in [6.07, 6.45) is 10.9. The maximum absolute atomic E-state index is 12.0. The second-order valence-corrected chi connectivity index (χ2v) is 9.47. The van der Waals surface area contributed by atoms with Crippen LogP contribution in [0.25, 0.3) is 17.3 Å². The normalized spacial score (nSPS) is 15.1. The highest BCUT2D eigenvalue weighted by Gasteiger charge is 2.15. The van der Waals surface area contributed by atoms with E-state index in [2.05, 4.69) is 37.1 Å². The fraction of sp³-hybridized carbons (Fsp3) is 0.226. The Morgan fingerprint density at radius 2 is 2.00 bits per heavy atom. The summed E-state index contributed by atoms with van der Waals surface area (Å²) in [7, 11) is 0. The number of aromatic nitrogens is 3. The predicted molar refractivity (Wildman–Crippen MR) is 155 cm³/mol. The van der Waals surface area contributed by atoms with Crippen molar-refractivity contribution in [1.82, 2.24) is 20.4 Å². The van der Waals surface area contributed by atoms with Crippen molar-refractivity contribution in [3.05, 3.63) is 102 Å². The molecule has 3 N–H and O–H groups in total. The fourth-order valence-electron chi connectivity index (χ4n) is 4.17. The Hall–Kier alpha value is -4.60. The SMILES string of the molecule is Cc1ccc(NCc2ccc(C=CC(=O)NOC3CCCCO3)cc2)cc1Nc1nccc(-c2cccnc2)n1. The van der Waals surface area contributed by atoms with Crippen molar-refractivity contribution in [2.24, 2.45) is 0 Å². The molecule has 5 rings (SSSR count). The summed E-state index contributed by atoms with van der Waals surface area (Å²) < 4.78 is 5.44. The first-order valence-corrected chi connectivity index (χ1v) is 13.3. The van der Waals surface area contributed by atoms with Gasteiger partial charge in [-0.15, -0.1) is 0 Å². The lowest BCUT2D eigenvalue weighted by molar-refractivity contribution is -0.198. The number of carbonyl (C=O) groups is 1. The van der Waals surface area contributed by atoms with Gasteiger partial charge in [-0.3, -0.25) is 9.78 Å². The van der Waals surface area contributed by atoms with E-state index in [1.165, 1.54) is 6.08 Å². The molecule has 1 aliphatic heterocycles. The van der Waals surface area contributed by atoms with Gasteiger partial charge in [-0.05, 0) is 72.9 Å². The Kier molecular flexibility index (Phi) is 9.08. The van der Waals surface area contributed by atoms with Crippen molar-refractivity contribution >= 4 is 29.3 Å². The third kappa shape index (κ3) is 7.72. The molecule has 40 heavy (non-hydrogen) atoms. The van der Waals surface area contributed by atoms with Crippen molar-refractivity contribution in [3.8, 4) is 11.3 Å². The number of benzene rings is 2.